The van der Waals surface area contributed by atoms with E-state index in [-0.39, 0.29) is 0 Å². The zero-order valence-corrected chi connectivity index (χ0v) is 38.2. The van der Waals surface area contributed by atoms with E-state index in [0.29, 0.717) is 0 Å². The summed E-state index contributed by atoms with van der Waals surface area (Å²) in [4.78, 5) is 2.49. The van der Waals surface area contributed by atoms with Gasteiger partial charge in [-0.1, -0.05) is 206 Å². The molecule has 3 aliphatic rings. The summed E-state index contributed by atoms with van der Waals surface area (Å²) in [5, 5.41) is 2.26. The van der Waals surface area contributed by atoms with E-state index < -0.39 is 10.8 Å². The topological polar surface area (TPSA) is 16.4 Å². The predicted molar refractivity (Wildman–Crippen MR) is 287 cm³/mol. The van der Waals surface area contributed by atoms with Gasteiger partial charge in [0, 0.05) is 27.8 Å². The van der Waals surface area contributed by atoms with E-state index >= 15 is 0 Å². The average molecular weight is 890 g/mol. The molecule has 0 N–H and O–H groups in total. The van der Waals surface area contributed by atoms with Crippen LogP contribution in [0.4, 0.5) is 17.1 Å². The van der Waals surface area contributed by atoms with Crippen molar-refractivity contribution in [3.8, 4) is 44.5 Å². The summed E-state index contributed by atoms with van der Waals surface area (Å²) >= 11 is 0. The second kappa shape index (κ2) is 14.8. The van der Waals surface area contributed by atoms with Crippen LogP contribution in [-0.4, -0.2) is 0 Å². The number of hydrogen-bond acceptors (Lipinski definition) is 2. The number of anilines is 3. The molecule has 1 heterocycles. The van der Waals surface area contributed by atoms with Gasteiger partial charge in [-0.05, 0) is 144 Å². The van der Waals surface area contributed by atoms with E-state index in [1.165, 1.54) is 77.9 Å². The molecule has 0 atom stereocenters. The van der Waals surface area contributed by atoms with Crippen molar-refractivity contribution in [2.45, 2.75) is 10.8 Å². The molecule has 2 nitrogen and oxygen atoms in total. The van der Waals surface area contributed by atoms with Gasteiger partial charge in [-0.15, -0.1) is 0 Å². The number of rotatable bonds is 6. The highest BCUT2D eigenvalue weighted by Crippen LogP contribution is 2.64. The zero-order chi connectivity index (χ0) is 46.0. The van der Waals surface area contributed by atoms with E-state index in [2.05, 4.69) is 254 Å². The minimum atomic E-state index is -0.545. The standard InChI is InChI=1S/C68H43NO/c1-3-17-46(18-4-1)67(47-19-5-2-6-20-47)59-26-12-7-23-53(59)55-38-36-49(42-63(55)67)69(48-34-31-44(32-35-48)45-33-40-66-58(41-45)57-25-11-16-30-65(57)70-66)50-37-39-56-54-24-10-15-29-62(54)68(64(56)43-50)60-27-13-8-21-51(60)52-22-9-14-28-61(52)68/h1-43H. The van der Waals surface area contributed by atoms with Gasteiger partial charge in [0.1, 0.15) is 11.2 Å². The maximum Gasteiger partial charge on any atom is 0.135 e. The number of furan rings is 1. The van der Waals surface area contributed by atoms with Crippen LogP contribution in [0.1, 0.15) is 44.5 Å². The Morgan fingerprint density at radius 3 is 1.20 bits per heavy atom. The molecule has 2 heteroatoms. The lowest BCUT2D eigenvalue weighted by Gasteiger charge is -2.35. The van der Waals surface area contributed by atoms with Gasteiger partial charge in [0.05, 0.1) is 10.8 Å². The summed E-state index contributed by atoms with van der Waals surface area (Å²) in [6.45, 7) is 0. The smallest absolute Gasteiger partial charge is 0.135 e. The highest BCUT2D eigenvalue weighted by atomic mass is 16.3. The first kappa shape index (κ1) is 39.1. The second-order valence-corrected chi connectivity index (χ2v) is 19.1. The number of nitrogens with zero attached hydrogens (tertiary/aromatic N) is 1. The predicted octanol–water partition coefficient (Wildman–Crippen LogP) is 17.4. The molecule has 0 bridgehead atoms. The number of hydrogen-bond donors (Lipinski definition) is 0. The molecule has 3 aliphatic carbocycles. The van der Waals surface area contributed by atoms with Crippen LogP contribution in [0.3, 0.4) is 0 Å². The third kappa shape index (κ3) is 5.22. The van der Waals surface area contributed by atoms with Crippen molar-refractivity contribution in [1.82, 2.24) is 0 Å². The van der Waals surface area contributed by atoms with Gasteiger partial charge in [0.25, 0.3) is 0 Å². The van der Waals surface area contributed by atoms with Gasteiger partial charge in [0.15, 0.2) is 0 Å². The third-order valence-corrected chi connectivity index (χ3v) is 15.8. The Morgan fingerprint density at radius 1 is 0.257 bits per heavy atom. The first-order valence-electron chi connectivity index (χ1n) is 24.3. The van der Waals surface area contributed by atoms with Crippen molar-refractivity contribution in [2.75, 3.05) is 4.90 Å². The van der Waals surface area contributed by atoms with E-state index in [1.807, 2.05) is 12.1 Å². The summed E-state index contributed by atoms with van der Waals surface area (Å²) in [5.41, 5.74) is 24.5. The second-order valence-electron chi connectivity index (χ2n) is 19.1. The van der Waals surface area contributed by atoms with Crippen molar-refractivity contribution in [1.29, 1.82) is 0 Å². The Bertz CT molecular complexity index is 3860. The molecule has 1 aromatic heterocycles. The fourth-order valence-corrected chi connectivity index (χ4v) is 12.9. The highest BCUT2D eigenvalue weighted by molar-refractivity contribution is 6.06. The zero-order valence-electron chi connectivity index (χ0n) is 38.2. The lowest BCUT2D eigenvalue weighted by atomic mass is 9.67. The molecule has 0 unspecified atom stereocenters. The van der Waals surface area contributed by atoms with Gasteiger partial charge in [-0.2, -0.15) is 0 Å². The van der Waals surface area contributed by atoms with Crippen LogP contribution in [0.25, 0.3) is 66.4 Å². The molecule has 0 fully saturated rings. The van der Waals surface area contributed by atoms with E-state index in [1.54, 1.807) is 0 Å². The number of benzene rings is 11. The van der Waals surface area contributed by atoms with Crippen molar-refractivity contribution in [3.05, 3.63) is 305 Å². The minimum absolute atomic E-state index is 0.476. The molecule has 0 aliphatic heterocycles. The molecule has 70 heavy (non-hydrogen) atoms. The Balaban J connectivity index is 0.972. The molecule has 0 saturated carbocycles. The Hall–Kier alpha value is -8.98. The van der Waals surface area contributed by atoms with Crippen molar-refractivity contribution in [3.63, 3.8) is 0 Å². The van der Waals surface area contributed by atoms with E-state index in [0.717, 1.165) is 50.1 Å². The molecule has 326 valence electrons. The van der Waals surface area contributed by atoms with Crippen LogP contribution in [0.15, 0.2) is 265 Å². The Labute approximate surface area is 407 Å². The van der Waals surface area contributed by atoms with E-state index in [9.17, 15) is 0 Å². The van der Waals surface area contributed by atoms with Crippen LogP contribution in [0, 0.1) is 0 Å². The van der Waals surface area contributed by atoms with Crippen molar-refractivity contribution >= 4 is 39.0 Å². The number of fused-ring (bicyclic) bond motifs is 16. The molecule has 1 spiro atoms. The molecule has 12 aromatic rings. The van der Waals surface area contributed by atoms with Gasteiger partial charge in [0.2, 0.25) is 0 Å². The first-order valence-corrected chi connectivity index (χ1v) is 24.3. The van der Waals surface area contributed by atoms with Crippen molar-refractivity contribution < 1.29 is 4.42 Å². The Kier molecular flexibility index (Phi) is 8.24. The quantitative estimate of drug-likeness (QED) is 0.165. The van der Waals surface area contributed by atoms with Crippen LogP contribution < -0.4 is 4.90 Å². The molecular weight excluding hydrogens is 847 g/mol. The third-order valence-electron chi connectivity index (χ3n) is 15.8. The van der Waals surface area contributed by atoms with Crippen molar-refractivity contribution in [2.24, 2.45) is 0 Å². The summed E-state index contributed by atoms with van der Waals surface area (Å²) in [6, 6.07) is 96.9. The molecular formula is C68H43NO. The molecule has 0 amide bonds. The normalized spacial score (nSPS) is 13.9. The summed E-state index contributed by atoms with van der Waals surface area (Å²) in [6.07, 6.45) is 0. The lowest BCUT2D eigenvalue weighted by molar-refractivity contribution is 0.669. The molecule has 15 rings (SSSR count). The van der Waals surface area contributed by atoms with Crippen LogP contribution in [0.2, 0.25) is 0 Å². The fourth-order valence-electron chi connectivity index (χ4n) is 12.9. The SMILES string of the molecule is c1ccc(C2(c3ccccc3)c3ccccc3-c3ccc(N(c4ccc(-c5ccc6oc7ccccc7c6c5)cc4)c4ccc5c(c4)C4(c6ccccc6-c6ccccc64)c4ccccc4-5)cc32)cc1. The van der Waals surface area contributed by atoms with Crippen LogP contribution >= 0.6 is 0 Å². The average Bonchev–Trinajstić information content (AvgIpc) is 4.14. The highest BCUT2D eigenvalue weighted by Gasteiger charge is 2.52. The lowest BCUT2D eigenvalue weighted by Crippen LogP contribution is -2.28. The Morgan fingerprint density at radius 2 is 0.657 bits per heavy atom. The molecule has 11 aromatic carbocycles. The first-order chi connectivity index (χ1) is 34.7. The van der Waals surface area contributed by atoms with Gasteiger partial charge in [-0.3, -0.25) is 0 Å². The maximum absolute atomic E-state index is 6.23. The number of para-hydroxylation sites is 1. The monoisotopic (exact) mass is 889 g/mol. The largest absolute Gasteiger partial charge is 0.456 e. The minimum Gasteiger partial charge on any atom is -0.456 e. The maximum atomic E-state index is 6.23. The fraction of sp³-hybridized carbons (Fsp3) is 0.0294. The summed E-state index contributed by atoms with van der Waals surface area (Å²) in [7, 11) is 0. The van der Waals surface area contributed by atoms with E-state index in [4.69, 9.17) is 4.42 Å². The van der Waals surface area contributed by atoms with Crippen LogP contribution in [-0.2, 0) is 10.8 Å². The summed E-state index contributed by atoms with van der Waals surface area (Å²) in [5.74, 6) is 0. The van der Waals surface area contributed by atoms with Gasteiger partial charge in [-0.25, -0.2) is 0 Å². The molecule has 0 saturated heterocycles. The molecule has 0 radical (unpaired) electrons. The van der Waals surface area contributed by atoms with Gasteiger partial charge >= 0.3 is 0 Å². The van der Waals surface area contributed by atoms with Crippen LogP contribution in [0.5, 0.6) is 0 Å². The summed E-state index contributed by atoms with van der Waals surface area (Å²) < 4.78 is 6.23. The van der Waals surface area contributed by atoms with Gasteiger partial charge < -0.3 is 9.32 Å².